The number of carbonyl (C=O) groups is 1. The molecule has 0 saturated carbocycles. The molecule has 1 heterocycles. The summed E-state index contributed by atoms with van der Waals surface area (Å²) in [5.74, 6) is 0.622. The van der Waals surface area contributed by atoms with E-state index < -0.39 is 5.97 Å². The number of aliphatic carboxylic acids is 1. The monoisotopic (exact) mass is 420 g/mol. The Morgan fingerprint density at radius 2 is 1.77 bits per heavy atom. The molecule has 0 aliphatic carbocycles. The Labute approximate surface area is 182 Å². The molecule has 0 atom stereocenters. The van der Waals surface area contributed by atoms with Gasteiger partial charge in [-0.1, -0.05) is 30.3 Å². The van der Waals surface area contributed by atoms with Crippen molar-refractivity contribution in [3.63, 3.8) is 0 Å². The van der Waals surface area contributed by atoms with Crippen LogP contribution in [0, 0.1) is 0 Å². The minimum Gasteiger partial charge on any atom is -0.494 e. The van der Waals surface area contributed by atoms with Crippen LogP contribution in [0.25, 0.3) is 6.08 Å². The standard InChI is InChI=1S/C25H28N2O4/c28-25(29)13-12-22-11-10-21(19-27-15-14-26-20-27)18-24(22)31-17-7-2-1-6-16-30-23-8-4-3-5-9-23/h3-5,8-15,18,20H,1-2,6-7,16-17,19H2,(H,28,29). The highest BCUT2D eigenvalue weighted by atomic mass is 16.5. The normalized spacial score (nSPS) is 11.0. The molecule has 1 N–H and O–H groups in total. The molecule has 0 aliphatic heterocycles. The van der Waals surface area contributed by atoms with Gasteiger partial charge < -0.3 is 19.1 Å². The molecule has 0 saturated heterocycles. The number of unbranched alkanes of at least 4 members (excludes halogenated alkanes) is 3. The summed E-state index contributed by atoms with van der Waals surface area (Å²) in [6.45, 7) is 1.98. The van der Waals surface area contributed by atoms with Gasteiger partial charge in [0.15, 0.2) is 0 Å². The topological polar surface area (TPSA) is 73.6 Å². The van der Waals surface area contributed by atoms with Crippen molar-refractivity contribution >= 4 is 12.0 Å². The lowest BCUT2D eigenvalue weighted by Gasteiger charge is -2.12. The number of ether oxygens (including phenoxy) is 2. The molecular formula is C25H28N2O4. The van der Waals surface area contributed by atoms with E-state index in [0.29, 0.717) is 25.5 Å². The summed E-state index contributed by atoms with van der Waals surface area (Å²) in [6, 6.07) is 15.7. The van der Waals surface area contributed by atoms with Gasteiger partial charge in [0.1, 0.15) is 11.5 Å². The summed E-state index contributed by atoms with van der Waals surface area (Å²) in [5.41, 5.74) is 1.83. The van der Waals surface area contributed by atoms with E-state index >= 15 is 0 Å². The van der Waals surface area contributed by atoms with E-state index in [1.165, 1.54) is 0 Å². The van der Waals surface area contributed by atoms with Gasteiger partial charge in [0.25, 0.3) is 0 Å². The smallest absolute Gasteiger partial charge is 0.328 e. The predicted octanol–water partition coefficient (Wildman–Crippen LogP) is 5.05. The first-order chi connectivity index (χ1) is 15.2. The maximum atomic E-state index is 10.9. The lowest BCUT2D eigenvalue weighted by Crippen LogP contribution is -2.02. The number of aromatic nitrogens is 2. The fraction of sp³-hybridized carbons (Fsp3) is 0.280. The summed E-state index contributed by atoms with van der Waals surface area (Å²) < 4.78 is 13.7. The minimum atomic E-state index is -0.980. The summed E-state index contributed by atoms with van der Waals surface area (Å²) >= 11 is 0. The summed E-state index contributed by atoms with van der Waals surface area (Å²) in [4.78, 5) is 15.0. The second-order valence-corrected chi connectivity index (χ2v) is 7.20. The molecule has 0 unspecified atom stereocenters. The maximum absolute atomic E-state index is 10.9. The number of carboxylic acid groups (broad SMARTS) is 1. The van der Waals surface area contributed by atoms with Crippen LogP contribution >= 0.6 is 0 Å². The van der Waals surface area contributed by atoms with E-state index in [-0.39, 0.29) is 0 Å². The Balaban J connectivity index is 1.44. The van der Waals surface area contributed by atoms with Crippen molar-refractivity contribution in [3.8, 4) is 11.5 Å². The van der Waals surface area contributed by atoms with Gasteiger partial charge in [-0.3, -0.25) is 0 Å². The molecule has 162 valence electrons. The molecule has 0 amide bonds. The van der Waals surface area contributed by atoms with Gasteiger partial charge in [-0.15, -0.1) is 0 Å². The number of para-hydroxylation sites is 1. The second-order valence-electron chi connectivity index (χ2n) is 7.20. The average molecular weight is 421 g/mol. The van der Waals surface area contributed by atoms with E-state index in [4.69, 9.17) is 14.6 Å². The molecule has 0 fully saturated rings. The Morgan fingerprint density at radius 3 is 2.48 bits per heavy atom. The van der Waals surface area contributed by atoms with Crippen molar-refractivity contribution in [2.24, 2.45) is 0 Å². The van der Waals surface area contributed by atoms with E-state index in [1.807, 2.05) is 59.3 Å². The third-order valence-electron chi connectivity index (χ3n) is 4.72. The van der Waals surface area contributed by atoms with Crippen LogP contribution in [0.5, 0.6) is 11.5 Å². The fourth-order valence-electron chi connectivity index (χ4n) is 3.14. The van der Waals surface area contributed by atoms with Gasteiger partial charge in [-0.2, -0.15) is 0 Å². The number of hydrogen-bond acceptors (Lipinski definition) is 4. The van der Waals surface area contributed by atoms with Crippen molar-refractivity contribution in [3.05, 3.63) is 84.5 Å². The fourth-order valence-corrected chi connectivity index (χ4v) is 3.14. The third kappa shape index (κ3) is 8.01. The highest BCUT2D eigenvalue weighted by molar-refractivity contribution is 5.85. The molecule has 6 heteroatoms. The van der Waals surface area contributed by atoms with Crippen LogP contribution in [-0.4, -0.2) is 33.8 Å². The molecule has 2 aromatic carbocycles. The minimum absolute atomic E-state index is 0.585. The lowest BCUT2D eigenvalue weighted by atomic mass is 10.1. The van der Waals surface area contributed by atoms with Crippen molar-refractivity contribution in [2.45, 2.75) is 32.2 Å². The van der Waals surface area contributed by atoms with Gasteiger partial charge in [0.05, 0.1) is 19.5 Å². The zero-order valence-corrected chi connectivity index (χ0v) is 17.5. The Bertz CT molecular complexity index is 953. The molecule has 0 radical (unpaired) electrons. The summed E-state index contributed by atoms with van der Waals surface area (Å²) in [6.07, 6.45) is 12.2. The van der Waals surface area contributed by atoms with Crippen LogP contribution in [0.15, 0.2) is 73.3 Å². The highest BCUT2D eigenvalue weighted by Gasteiger charge is 2.05. The van der Waals surface area contributed by atoms with Crippen LogP contribution in [-0.2, 0) is 11.3 Å². The average Bonchev–Trinajstić information content (AvgIpc) is 3.28. The first-order valence-electron chi connectivity index (χ1n) is 10.5. The number of carboxylic acids is 1. The number of imidazole rings is 1. The summed E-state index contributed by atoms with van der Waals surface area (Å²) in [5, 5.41) is 8.93. The lowest BCUT2D eigenvalue weighted by molar-refractivity contribution is -0.131. The summed E-state index contributed by atoms with van der Waals surface area (Å²) in [7, 11) is 0. The van der Waals surface area contributed by atoms with Crippen molar-refractivity contribution in [1.29, 1.82) is 0 Å². The third-order valence-corrected chi connectivity index (χ3v) is 4.72. The molecule has 31 heavy (non-hydrogen) atoms. The van der Waals surface area contributed by atoms with Gasteiger partial charge in [0, 0.05) is 30.6 Å². The largest absolute Gasteiger partial charge is 0.494 e. The van der Waals surface area contributed by atoms with E-state index in [1.54, 1.807) is 18.6 Å². The number of benzene rings is 2. The molecular weight excluding hydrogens is 392 g/mol. The van der Waals surface area contributed by atoms with Crippen molar-refractivity contribution in [2.75, 3.05) is 13.2 Å². The highest BCUT2D eigenvalue weighted by Crippen LogP contribution is 2.23. The van der Waals surface area contributed by atoms with Crippen molar-refractivity contribution < 1.29 is 19.4 Å². The zero-order chi connectivity index (χ0) is 21.7. The van der Waals surface area contributed by atoms with Crippen LogP contribution in [0.4, 0.5) is 0 Å². The number of nitrogens with zero attached hydrogens (tertiary/aromatic N) is 2. The predicted molar refractivity (Wildman–Crippen MR) is 120 cm³/mol. The molecule has 0 spiro atoms. The van der Waals surface area contributed by atoms with Gasteiger partial charge in [-0.25, -0.2) is 9.78 Å². The van der Waals surface area contributed by atoms with Crippen LogP contribution in [0.1, 0.15) is 36.8 Å². The van der Waals surface area contributed by atoms with Crippen LogP contribution in [0.2, 0.25) is 0 Å². The molecule has 0 bridgehead atoms. The zero-order valence-electron chi connectivity index (χ0n) is 17.5. The van der Waals surface area contributed by atoms with E-state index in [2.05, 4.69) is 4.98 Å². The first kappa shape index (κ1) is 22.2. The van der Waals surface area contributed by atoms with Gasteiger partial charge >= 0.3 is 5.97 Å². The second kappa shape index (κ2) is 12.2. The quantitative estimate of drug-likeness (QED) is 0.309. The maximum Gasteiger partial charge on any atom is 0.328 e. The van der Waals surface area contributed by atoms with Crippen LogP contribution < -0.4 is 9.47 Å². The molecule has 1 aromatic heterocycles. The van der Waals surface area contributed by atoms with Gasteiger partial charge in [0.2, 0.25) is 0 Å². The van der Waals surface area contributed by atoms with Crippen LogP contribution in [0.3, 0.4) is 0 Å². The van der Waals surface area contributed by atoms with Gasteiger partial charge in [-0.05, 0) is 55.5 Å². The molecule has 3 aromatic rings. The number of hydrogen-bond donors (Lipinski definition) is 1. The first-order valence-corrected chi connectivity index (χ1v) is 10.5. The molecule has 6 nitrogen and oxygen atoms in total. The Kier molecular flexibility index (Phi) is 8.73. The Hall–Kier alpha value is -3.54. The number of rotatable bonds is 13. The molecule has 3 rings (SSSR count). The molecule has 0 aliphatic rings. The Morgan fingerprint density at radius 1 is 1.00 bits per heavy atom. The van der Waals surface area contributed by atoms with E-state index in [0.717, 1.165) is 48.6 Å². The SMILES string of the molecule is O=C(O)C=Cc1ccc(Cn2ccnc2)cc1OCCCCCCOc1ccccc1. The van der Waals surface area contributed by atoms with E-state index in [9.17, 15) is 4.79 Å². The van der Waals surface area contributed by atoms with Crippen molar-refractivity contribution in [1.82, 2.24) is 9.55 Å².